The van der Waals surface area contributed by atoms with Gasteiger partial charge in [0.15, 0.2) is 23.2 Å². The lowest BCUT2D eigenvalue weighted by molar-refractivity contribution is 0.333. The lowest BCUT2D eigenvalue weighted by Crippen LogP contribution is -2.08. The van der Waals surface area contributed by atoms with Crippen LogP contribution < -0.4 is 4.74 Å². The van der Waals surface area contributed by atoms with Gasteiger partial charge in [0.2, 0.25) is 5.82 Å². The molecule has 0 aliphatic heterocycles. The molecule has 0 spiro atoms. The normalized spacial score (nSPS) is 15.1. The van der Waals surface area contributed by atoms with Gasteiger partial charge in [-0.25, -0.2) is 13.2 Å². The maximum atomic E-state index is 14.6. The van der Waals surface area contributed by atoms with Crippen LogP contribution in [0.5, 0.6) is 5.75 Å². The van der Waals surface area contributed by atoms with Crippen molar-refractivity contribution in [3.05, 3.63) is 65.8 Å². The van der Waals surface area contributed by atoms with E-state index in [1.807, 2.05) is 0 Å². The fourth-order valence-electron chi connectivity index (χ4n) is 3.50. The van der Waals surface area contributed by atoms with Gasteiger partial charge in [-0.2, -0.15) is 4.39 Å². The first-order valence-corrected chi connectivity index (χ1v) is 8.74. The zero-order valence-corrected chi connectivity index (χ0v) is 14.3. The van der Waals surface area contributed by atoms with Crippen molar-refractivity contribution in [2.75, 3.05) is 6.61 Å². The third kappa shape index (κ3) is 3.48. The van der Waals surface area contributed by atoms with Crippen LogP contribution in [0.25, 0.3) is 11.1 Å². The Hall–Kier alpha value is -2.30. The molecule has 2 aromatic rings. The molecule has 0 heterocycles. The van der Waals surface area contributed by atoms with Crippen LogP contribution in [-0.2, 0) is 0 Å². The summed E-state index contributed by atoms with van der Waals surface area (Å²) < 4.78 is 62.7. The Morgan fingerprint density at radius 2 is 1.46 bits per heavy atom. The Labute approximate surface area is 150 Å². The summed E-state index contributed by atoms with van der Waals surface area (Å²) >= 11 is 0. The van der Waals surface area contributed by atoms with Gasteiger partial charge in [0, 0.05) is 11.1 Å². The molecule has 3 rings (SSSR count). The number of benzene rings is 2. The summed E-state index contributed by atoms with van der Waals surface area (Å²) in [5, 5.41) is 0. The van der Waals surface area contributed by atoms with E-state index in [0.29, 0.717) is 5.56 Å². The van der Waals surface area contributed by atoms with Crippen LogP contribution in [0.3, 0.4) is 0 Å². The van der Waals surface area contributed by atoms with Crippen molar-refractivity contribution in [1.82, 2.24) is 0 Å². The summed E-state index contributed by atoms with van der Waals surface area (Å²) in [5.74, 6) is -4.95. The quantitative estimate of drug-likeness (QED) is 0.433. The molecule has 0 bridgehead atoms. The summed E-state index contributed by atoms with van der Waals surface area (Å²) in [7, 11) is 0. The molecule has 26 heavy (non-hydrogen) atoms. The minimum Gasteiger partial charge on any atom is -0.486 e. The molecule has 0 radical (unpaired) electrons. The maximum absolute atomic E-state index is 14.6. The van der Waals surface area contributed by atoms with Gasteiger partial charge in [0.05, 0.1) is 0 Å². The van der Waals surface area contributed by atoms with E-state index in [9.17, 15) is 17.6 Å². The van der Waals surface area contributed by atoms with Crippen molar-refractivity contribution < 1.29 is 22.3 Å². The highest BCUT2D eigenvalue weighted by atomic mass is 19.2. The first kappa shape index (κ1) is 18.5. The van der Waals surface area contributed by atoms with E-state index in [4.69, 9.17) is 4.74 Å². The van der Waals surface area contributed by atoms with Crippen molar-refractivity contribution in [2.24, 2.45) is 0 Å². The van der Waals surface area contributed by atoms with E-state index < -0.39 is 23.3 Å². The van der Waals surface area contributed by atoms with E-state index in [-0.39, 0.29) is 29.4 Å². The Kier molecular flexibility index (Phi) is 5.64. The van der Waals surface area contributed by atoms with Gasteiger partial charge in [-0.05, 0) is 36.5 Å². The number of rotatable bonds is 5. The lowest BCUT2D eigenvalue weighted by Gasteiger charge is -2.23. The predicted octanol–water partition coefficient (Wildman–Crippen LogP) is 6.52. The van der Waals surface area contributed by atoms with Crippen molar-refractivity contribution in [1.29, 1.82) is 0 Å². The highest BCUT2D eigenvalue weighted by molar-refractivity contribution is 5.66. The van der Waals surface area contributed by atoms with Gasteiger partial charge in [-0.1, -0.05) is 44.1 Å². The SMILES string of the molecule is C=CCOc1ccc(-c2ccc(C3CCCCC3)c(F)c2F)c(F)c1F. The summed E-state index contributed by atoms with van der Waals surface area (Å²) in [6, 6.07) is 5.20. The molecule has 138 valence electrons. The number of halogens is 4. The van der Waals surface area contributed by atoms with Crippen LogP contribution in [0.2, 0.25) is 0 Å². The number of hydrogen-bond donors (Lipinski definition) is 0. The van der Waals surface area contributed by atoms with Gasteiger partial charge in [-0.3, -0.25) is 0 Å². The predicted molar refractivity (Wildman–Crippen MR) is 93.2 cm³/mol. The van der Waals surface area contributed by atoms with Crippen molar-refractivity contribution in [3.63, 3.8) is 0 Å². The summed E-state index contributed by atoms with van der Waals surface area (Å²) in [6.07, 6.45) is 6.09. The Bertz CT molecular complexity index is 810. The molecular formula is C21H20F4O. The van der Waals surface area contributed by atoms with Crippen LogP contribution in [0.15, 0.2) is 36.9 Å². The molecular weight excluding hydrogens is 344 g/mol. The average molecular weight is 364 g/mol. The van der Waals surface area contributed by atoms with E-state index in [1.165, 1.54) is 30.3 Å². The van der Waals surface area contributed by atoms with Gasteiger partial charge in [0.25, 0.3) is 0 Å². The molecule has 1 fully saturated rings. The second kappa shape index (κ2) is 7.94. The standard InChI is InChI=1S/C21H20F4O/c1-2-12-26-17-11-10-16(20(24)21(17)25)15-9-8-14(18(22)19(15)23)13-6-4-3-5-7-13/h2,8-11,13H,1,3-7,12H2. The van der Waals surface area contributed by atoms with E-state index in [1.54, 1.807) is 0 Å². The zero-order valence-electron chi connectivity index (χ0n) is 14.3. The van der Waals surface area contributed by atoms with Gasteiger partial charge >= 0.3 is 0 Å². The molecule has 0 N–H and O–H groups in total. The van der Waals surface area contributed by atoms with Crippen molar-refractivity contribution >= 4 is 0 Å². The molecule has 5 heteroatoms. The highest BCUT2D eigenvalue weighted by Crippen LogP contribution is 2.38. The van der Waals surface area contributed by atoms with E-state index in [0.717, 1.165) is 32.1 Å². The molecule has 0 saturated heterocycles. The first-order chi connectivity index (χ1) is 12.5. The Balaban J connectivity index is 1.98. The van der Waals surface area contributed by atoms with E-state index >= 15 is 0 Å². The van der Waals surface area contributed by atoms with Crippen LogP contribution in [0, 0.1) is 23.3 Å². The Morgan fingerprint density at radius 3 is 2.12 bits per heavy atom. The van der Waals surface area contributed by atoms with Crippen molar-refractivity contribution in [2.45, 2.75) is 38.0 Å². The molecule has 1 aliphatic rings. The fraction of sp³-hybridized carbons (Fsp3) is 0.333. The van der Waals surface area contributed by atoms with Gasteiger partial charge in [-0.15, -0.1) is 0 Å². The third-order valence-corrected chi connectivity index (χ3v) is 4.85. The van der Waals surface area contributed by atoms with Crippen LogP contribution in [0.4, 0.5) is 17.6 Å². The fourth-order valence-corrected chi connectivity index (χ4v) is 3.50. The smallest absolute Gasteiger partial charge is 0.201 e. The summed E-state index contributed by atoms with van der Waals surface area (Å²) in [4.78, 5) is 0. The highest BCUT2D eigenvalue weighted by Gasteiger charge is 2.25. The van der Waals surface area contributed by atoms with Crippen molar-refractivity contribution in [3.8, 4) is 16.9 Å². The molecule has 1 saturated carbocycles. The van der Waals surface area contributed by atoms with Crippen LogP contribution >= 0.6 is 0 Å². The van der Waals surface area contributed by atoms with Crippen LogP contribution in [-0.4, -0.2) is 6.61 Å². The monoisotopic (exact) mass is 364 g/mol. The average Bonchev–Trinajstić information content (AvgIpc) is 2.66. The molecule has 1 aliphatic carbocycles. The molecule has 0 amide bonds. The minimum absolute atomic E-state index is 0.00871. The minimum atomic E-state index is -1.27. The van der Waals surface area contributed by atoms with Gasteiger partial charge < -0.3 is 4.74 Å². The molecule has 0 atom stereocenters. The molecule has 0 aromatic heterocycles. The molecule has 0 unspecified atom stereocenters. The topological polar surface area (TPSA) is 9.23 Å². The molecule has 2 aromatic carbocycles. The summed E-state index contributed by atoms with van der Waals surface area (Å²) in [6.45, 7) is 3.44. The lowest BCUT2D eigenvalue weighted by atomic mass is 9.83. The maximum Gasteiger partial charge on any atom is 0.201 e. The second-order valence-electron chi connectivity index (χ2n) is 6.50. The number of hydrogen-bond acceptors (Lipinski definition) is 1. The van der Waals surface area contributed by atoms with Gasteiger partial charge in [0.1, 0.15) is 6.61 Å². The van der Waals surface area contributed by atoms with Crippen LogP contribution in [0.1, 0.15) is 43.6 Å². The van der Waals surface area contributed by atoms with E-state index in [2.05, 4.69) is 6.58 Å². The second-order valence-corrected chi connectivity index (χ2v) is 6.50. The first-order valence-electron chi connectivity index (χ1n) is 8.74. The zero-order chi connectivity index (χ0) is 18.7. The summed E-state index contributed by atoms with van der Waals surface area (Å²) in [5.41, 5.74) is -0.313. The Morgan fingerprint density at radius 1 is 0.846 bits per heavy atom. The number of ether oxygens (including phenoxy) is 1. The largest absolute Gasteiger partial charge is 0.486 e. The third-order valence-electron chi connectivity index (χ3n) is 4.85. The molecule has 1 nitrogen and oxygen atoms in total.